The summed E-state index contributed by atoms with van der Waals surface area (Å²) in [6.07, 6.45) is -3.78. The maximum atomic E-state index is 12.8. The molecule has 9 heteroatoms. The molecule has 21 heavy (non-hydrogen) atoms. The molecule has 1 aromatic carbocycles. The predicted molar refractivity (Wildman–Crippen MR) is 67.7 cm³/mol. The van der Waals surface area contributed by atoms with Gasteiger partial charge in [-0.1, -0.05) is 12.1 Å². The first kappa shape index (κ1) is 15.1. The molecule has 0 atom stereocenters. The summed E-state index contributed by atoms with van der Waals surface area (Å²) in [5, 5.41) is 10.7. The number of nitrogens with one attached hydrogen (secondary N) is 1. The topological polar surface area (TPSA) is 73.1 Å². The Morgan fingerprint density at radius 1 is 1.05 bits per heavy atom. The summed E-state index contributed by atoms with van der Waals surface area (Å²) in [5.41, 5.74) is -1.78. The average molecular weight is 318 g/mol. The van der Waals surface area contributed by atoms with Gasteiger partial charge < -0.3 is 5.21 Å². The molecule has 1 N–H and O–H groups in total. The van der Waals surface area contributed by atoms with E-state index in [0.717, 1.165) is 30.5 Å². The normalized spacial score (nSPS) is 12.1. The average Bonchev–Trinajstić information content (AvgIpc) is 2.38. The van der Waals surface area contributed by atoms with Crippen molar-refractivity contribution in [3.05, 3.63) is 59.4 Å². The number of rotatable bonds is 3. The number of pyridine rings is 1. The van der Waals surface area contributed by atoms with Gasteiger partial charge >= 0.3 is 21.2 Å². The summed E-state index contributed by atoms with van der Waals surface area (Å²) in [6.45, 7) is 0. The van der Waals surface area contributed by atoms with E-state index in [1.165, 1.54) is 18.2 Å². The Bertz CT molecular complexity index is 760. The number of halogens is 3. The Kier molecular flexibility index (Phi) is 3.77. The Labute approximate surface area is 118 Å². The van der Waals surface area contributed by atoms with Crippen molar-refractivity contribution >= 4 is 15.7 Å². The Hall–Kier alpha value is -2.29. The highest BCUT2D eigenvalue weighted by molar-refractivity contribution is 7.92. The van der Waals surface area contributed by atoms with E-state index in [4.69, 9.17) is 0 Å². The highest BCUT2D eigenvalue weighted by Gasteiger charge is 2.35. The van der Waals surface area contributed by atoms with Gasteiger partial charge in [0.1, 0.15) is 0 Å². The molecule has 1 aromatic heterocycles. The lowest BCUT2D eigenvalue weighted by molar-refractivity contribution is -0.646. The first-order chi connectivity index (χ1) is 9.72. The molecular formula is C12H9F3N2O3S. The van der Waals surface area contributed by atoms with Crippen LogP contribution in [-0.2, 0) is 16.2 Å². The number of sulfonamides is 1. The van der Waals surface area contributed by atoms with Crippen LogP contribution in [0.15, 0.2) is 53.7 Å². The minimum atomic E-state index is -4.72. The van der Waals surface area contributed by atoms with Crippen molar-refractivity contribution in [1.82, 2.24) is 0 Å². The van der Waals surface area contributed by atoms with Crippen LogP contribution in [0.3, 0.4) is 0 Å². The third-order valence-corrected chi connectivity index (χ3v) is 3.90. The van der Waals surface area contributed by atoms with E-state index in [-0.39, 0.29) is 4.73 Å². The molecule has 0 aliphatic rings. The molecule has 0 aliphatic heterocycles. The van der Waals surface area contributed by atoms with Gasteiger partial charge in [0.25, 0.3) is 0 Å². The van der Waals surface area contributed by atoms with Gasteiger partial charge in [0.2, 0.25) is 0 Å². The zero-order chi connectivity index (χ0) is 15.7. The van der Waals surface area contributed by atoms with Crippen molar-refractivity contribution in [2.45, 2.75) is 11.2 Å². The van der Waals surface area contributed by atoms with Crippen molar-refractivity contribution in [1.29, 1.82) is 0 Å². The van der Waals surface area contributed by atoms with E-state index in [1.54, 1.807) is 4.72 Å². The van der Waals surface area contributed by atoms with E-state index in [1.807, 2.05) is 0 Å². The summed E-state index contributed by atoms with van der Waals surface area (Å²) in [5.74, 6) is 0. The lowest BCUT2D eigenvalue weighted by atomic mass is 10.2. The smallest absolute Gasteiger partial charge is 0.418 e. The molecule has 0 amide bonds. The summed E-state index contributed by atoms with van der Waals surface area (Å²) in [4.78, 5) is 0. The molecule has 0 unspecified atom stereocenters. The van der Waals surface area contributed by atoms with Crippen LogP contribution in [-0.4, -0.2) is 8.42 Å². The van der Waals surface area contributed by atoms with Crippen LogP contribution in [0.2, 0.25) is 0 Å². The zero-order valence-electron chi connectivity index (χ0n) is 10.3. The van der Waals surface area contributed by atoms with Gasteiger partial charge in [-0.25, -0.2) is 0 Å². The van der Waals surface area contributed by atoms with E-state index >= 15 is 0 Å². The molecule has 0 fully saturated rings. The third kappa shape index (κ3) is 3.24. The van der Waals surface area contributed by atoms with Gasteiger partial charge in [0.05, 0.1) is 11.3 Å². The largest absolute Gasteiger partial charge is 0.618 e. The number of hydrogen-bond acceptors (Lipinski definition) is 3. The summed E-state index contributed by atoms with van der Waals surface area (Å²) >= 11 is 0. The number of para-hydroxylation sites is 1. The molecule has 0 spiro atoms. The van der Waals surface area contributed by atoms with E-state index < -0.39 is 32.5 Å². The van der Waals surface area contributed by atoms with Gasteiger partial charge in [-0.2, -0.15) is 26.3 Å². The van der Waals surface area contributed by atoms with Crippen LogP contribution in [0.1, 0.15) is 5.56 Å². The molecule has 2 aromatic rings. The SMILES string of the molecule is O=S(=O)(Nc1ccccc1C(F)(F)F)c1cccc[n+]1[O-]. The maximum Gasteiger partial charge on any atom is 0.418 e. The van der Waals surface area contributed by atoms with Gasteiger partial charge in [0, 0.05) is 12.1 Å². The van der Waals surface area contributed by atoms with Crippen LogP contribution in [0.25, 0.3) is 0 Å². The van der Waals surface area contributed by atoms with Gasteiger partial charge in [-0.3, -0.25) is 4.72 Å². The van der Waals surface area contributed by atoms with Crippen LogP contribution in [0.5, 0.6) is 0 Å². The first-order valence-corrected chi connectivity index (χ1v) is 7.07. The second-order valence-electron chi connectivity index (χ2n) is 4.01. The Morgan fingerprint density at radius 2 is 1.67 bits per heavy atom. The minimum absolute atomic E-state index is 0.0541. The molecule has 5 nitrogen and oxygen atoms in total. The number of alkyl halides is 3. The fourth-order valence-electron chi connectivity index (χ4n) is 1.64. The highest BCUT2D eigenvalue weighted by atomic mass is 32.2. The van der Waals surface area contributed by atoms with Gasteiger partial charge in [-0.15, -0.1) is 0 Å². The second kappa shape index (κ2) is 5.24. The van der Waals surface area contributed by atoms with Crippen molar-refractivity contribution in [3.8, 4) is 0 Å². The molecule has 1 heterocycles. The molecule has 0 radical (unpaired) electrons. The number of hydrogen-bond donors (Lipinski definition) is 1. The molecule has 0 saturated carbocycles. The zero-order valence-corrected chi connectivity index (χ0v) is 11.1. The molecule has 112 valence electrons. The summed E-state index contributed by atoms with van der Waals surface area (Å²) < 4.78 is 64.3. The predicted octanol–water partition coefficient (Wildman–Crippen LogP) is 2.14. The molecule has 0 saturated heterocycles. The Morgan fingerprint density at radius 3 is 2.29 bits per heavy atom. The quantitative estimate of drug-likeness (QED) is 0.696. The molecule has 0 bridgehead atoms. The van der Waals surface area contributed by atoms with E-state index in [9.17, 15) is 26.8 Å². The van der Waals surface area contributed by atoms with E-state index in [2.05, 4.69) is 0 Å². The van der Waals surface area contributed by atoms with Crippen molar-refractivity contribution in [3.63, 3.8) is 0 Å². The number of anilines is 1. The van der Waals surface area contributed by atoms with E-state index in [0.29, 0.717) is 0 Å². The number of nitrogens with zero attached hydrogens (tertiary/aromatic N) is 1. The third-order valence-electron chi connectivity index (χ3n) is 2.54. The van der Waals surface area contributed by atoms with Gasteiger partial charge in [0.15, 0.2) is 6.20 Å². The molecule has 0 aliphatic carbocycles. The van der Waals surface area contributed by atoms with Gasteiger partial charge in [-0.05, 0) is 18.2 Å². The van der Waals surface area contributed by atoms with Crippen LogP contribution in [0, 0.1) is 5.21 Å². The lowest BCUT2D eigenvalue weighted by Gasteiger charge is -2.14. The minimum Gasteiger partial charge on any atom is -0.618 e. The van der Waals surface area contributed by atoms with Crippen molar-refractivity contribution < 1.29 is 26.3 Å². The second-order valence-corrected chi connectivity index (χ2v) is 5.64. The van der Waals surface area contributed by atoms with Crippen LogP contribution < -0.4 is 9.45 Å². The van der Waals surface area contributed by atoms with Crippen molar-refractivity contribution in [2.75, 3.05) is 4.72 Å². The first-order valence-electron chi connectivity index (χ1n) is 5.59. The number of benzene rings is 1. The lowest BCUT2D eigenvalue weighted by Crippen LogP contribution is -2.35. The highest BCUT2D eigenvalue weighted by Crippen LogP contribution is 2.35. The molecule has 2 rings (SSSR count). The maximum absolute atomic E-state index is 12.8. The fourth-order valence-corrected chi connectivity index (χ4v) is 2.76. The summed E-state index contributed by atoms with van der Waals surface area (Å²) in [7, 11) is -4.43. The van der Waals surface area contributed by atoms with Crippen molar-refractivity contribution in [2.24, 2.45) is 0 Å². The van der Waals surface area contributed by atoms with Crippen LogP contribution >= 0.6 is 0 Å². The monoisotopic (exact) mass is 318 g/mol. The Balaban J connectivity index is 2.46. The molecular weight excluding hydrogens is 309 g/mol. The summed E-state index contributed by atoms with van der Waals surface area (Å²) in [6, 6.07) is 7.69. The van der Waals surface area contributed by atoms with Crippen LogP contribution in [0.4, 0.5) is 18.9 Å². The standard InChI is InChI=1S/C12H9F3N2O3S/c13-12(14,15)9-5-1-2-6-10(9)16-21(19,20)11-7-3-4-8-17(11)18/h1-8,16H. The number of aromatic nitrogens is 1. The fraction of sp³-hybridized carbons (Fsp3) is 0.0833.